The number of ether oxygens (including phenoxy) is 2. The highest BCUT2D eigenvalue weighted by atomic mass is 32.1. The number of hydrogen-bond acceptors (Lipinski definition) is 6. The number of rotatable bonds is 10. The first-order chi connectivity index (χ1) is 20.7. The van der Waals surface area contributed by atoms with Crippen molar-refractivity contribution in [2.45, 2.75) is 13.2 Å². The molecule has 0 saturated heterocycles. The van der Waals surface area contributed by atoms with Crippen LogP contribution in [0.15, 0.2) is 132 Å². The van der Waals surface area contributed by atoms with E-state index in [-0.39, 0.29) is 5.91 Å². The smallest absolute Gasteiger partial charge is 0.272 e. The fourth-order valence-electron chi connectivity index (χ4n) is 4.45. The molecule has 2 aromatic heterocycles. The summed E-state index contributed by atoms with van der Waals surface area (Å²) < 4.78 is 12.3. The molecule has 1 N–H and O–H groups in total. The zero-order chi connectivity index (χ0) is 28.6. The minimum absolute atomic E-state index is 0.314. The summed E-state index contributed by atoms with van der Waals surface area (Å²) in [6.45, 7) is 0.806. The average Bonchev–Trinajstić information content (AvgIpc) is 3.59. The number of nitrogens with one attached hydrogen (secondary N) is 1. The molecule has 7 heteroatoms. The molecule has 42 heavy (non-hydrogen) atoms. The van der Waals surface area contributed by atoms with Gasteiger partial charge in [-0.2, -0.15) is 5.10 Å². The lowest BCUT2D eigenvalue weighted by Gasteiger charge is -2.14. The second-order valence-corrected chi connectivity index (χ2v) is 10.5. The van der Waals surface area contributed by atoms with E-state index in [1.165, 1.54) is 0 Å². The van der Waals surface area contributed by atoms with E-state index in [0.717, 1.165) is 38.2 Å². The minimum atomic E-state index is -0.314. The molecule has 206 valence electrons. The number of fused-ring (bicyclic) bond motifs is 1. The number of hydrazone groups is 1. The Morgan fingerprint density at radius 3 is 2.17 bits per heavy atom. The van der Waals surface area contributed by atoms with Crippen LogP contribution in [0.3, 0.4) is 0 Å². The number of hydrogen-bond donors (Lipinski definition) is 1. The summed E-state index contributed by atoms with van der Waals surface area (Å²) in [5.74, 6) is 0.900. The van der Waals surface area contributed by atoms with Crippen molar-refractivity contribution in [3.8, 4) is 22.1 Å². The number of carbonyl (C=O) groups excluding carboxylic acids is 1. The van der Waals surface area contributed by atoms with E-state index in [9.17, 15) is 4.79 Å². The number of benzene rings is 4. The van der Waals surface area contributed by atoms with Crippen LogP contribution in [0.25, 0.3) is 21.5 Å². The Labute approximate surface area is 247 Å². The van der Waals surface area contributed by atoms with Gasteiger partial charge in [0.05, 0.1) is 27.9 Å². The fraction of sp³-hybridized carbons (Fsp3) is 0.0571. The Bertz CT molecular complexity index is 1820. The topological polar surface area (TPSA) is 72.8 Å². The summed E-state index contributed by atoms with van der Waals surface area (Å²) in [6, 6.07) is 38.9. The molecule has 6 aromatic rings. The van der Waals surface area contributed by atoms with E-state index in [4.69, 9.17) is 14.5 Å². The predicted molar refractivity (Wildman–Crippen MR) is 168 cm³/mol. The van der Waals surface area contributed by atoms with Crippen molar-refractivity contribution in [1.29, 1.82) is 0 Å². The van der Waals surface area contributed by atoms with Crippen LogP contribution >= 0.6 is 11.3 Å². The predicted octanol–water partition coefficient (Wildman–Crippen LogP) is 7.89. The SMILES string of the molecule is O=C(N/N=C\c1ccc(OCc2ccccc2)c(OCc2ccccc2)c1)c1cc(-c2cccs2)nc2ccccc12. The lowest BCUT2D eigenvalue weighted by molar-refractivity contribution is 0.0956. The maximum absolute atomic E-state index is 13.3. The molecule has 1 amide bonds. The molecule has 0 aliphatic heterocycles. The van der Waals surface area contributed by atoms with Crippen LogP contribution in [0.2, 0.25) is 0 Å². The van der Waals surface area contributed by atoms with Gasteiger partial charge in [-0.15, -0.1) is 11.3 Å². The van der Waals surface area contributed by atoms with Crippen molar-refractivity contribution in [1.82, 2.24) is 10.4 Å². The number of nitrogens with zero attached hydrogens (tertiary/aromatic N) is 2. The van der Waals surface area contributed by atoms with E-state index >= 15 is 0 Å². The molecule has 4 aromatic carbocycles. The van der Waals surface area contributed by atoms with Gasteiger partial charge in [0.1, 0.15) is 13.2 Å². The highest BCUT2D eigenvalue weighted by Crippen LogP contribution is 2.30. The summed E-state index contributed by atoms with van der Waals surface area (Å²) in [6.07, 6.45) is 1.60. The summed E-state index contributed by atoms with van der Waals surface area (Å²) in [7, 11) is 0. The van der Waals surface area contributed by atoms with E-state index in [1.54, 1.807) is 17.6 Å². The second kappa shape index (κ2) is 12.9. The third-order valence-corrected chi connectivity index (χ3v) is 7.45. The Morgan fingerprint density at radius 2 is 1.45 bits per heavy atom. The third-order valence-electron chi connectivity index (χ3n) is 6.56. The van der Waals surface area contributed by atoms with Crippen LogP contribution in [0.5, 0.6) is 11.5 Å². The van der Waals surface area contributed by atoms with Crippen molar-refractivity contribution in [3.05, 3.63) is 149 Å². The fourth-order valence-corrected chi connectivity index (χ4v) is 5.13. The van der Waals surface area contributed by atoms with Crippen molar-refractivity contribution >= 4 is 34.4 Å². The molecule has 6 nitrogen and oxygen atoms in total. The van der Waals surface area contributed by atoms with Crippen LogP contribution < -0.4 is 14.9 Å². The van der Waals surface area contributed by atoms with E-state index in [0.29, 0.717) is 30.3 Å². The van der Waals surface area contributed by atoms with Crippen molar-refractivity contribution in [2.24, 2.45) is 5.10 Å². The van der Waals surface area contributed by atoms with Crippen molar-refractivity contribution in [2.75, 3.05) is 0 Å². The van der Waals surface area contributed by atoms with Crippen LogP contribution in [-0.2, 0) is 13.2 Å². The Kier molecular flexibility index (Phi) is 8.29. The number of aromatic nitrogens is 1. The summed E-state index contributed by atoms with van der Waals surface area (Å²) in [5.41, 5.74) is 7.56. The minimum Gasteiger partial charge on any atom is -0.485 e. The molecular weight excluding hydrogens is 542 g/mol. The van der Waals surface area contributed by atoms with Crippen LogP contribution in [0.4, 0.5) is 0 Å². The van der Waals surface area contributed by atoms with Gasteiger partial charge >= 0.3 is 0 Å². The Hall–Kier alpha value is -5.27. The quantitative estimate of drug-likeness (QED) is 0.135. The molecule has 0 fully saturated rings. The van der Waals surface area contributed by atoms with Crippen LogP contribution in [0.1, 0.15) is 27.0 Å². The zero-order valence-corrected chi connectivity index (χ0v) is 23.5. The molecule has 0 atom stereocenters. The Morgan fingerprint density at radius 1 is 0.762 bits per heavy atom. The molecule has 6 rings (SSSR count). The molecule has 0 radical (unpaired) electrons. The highest BCUT2D eigenvalue weighted by Gasteiger charge is 2.14. The molecule has 0 bridgehead atoms. The largest absolute Gasteiger partial charge is 0.485 e. The zero-order valence-electron chi connectivity index (χ0n) is 22.6. The molecule has 0 saturated carbocycles. The second-order valence-electron chi connectivity index (χ2n) is 9.50. The van der Waals surface area contributed by atoms with E-state index < -0.39 is 0 Å². The van der Waals surface area contributed by atoms with Gasteiger partial charge in [-0.1, -0.05) is 84.9 Å². The molecule has 0 unspecified atom stereocenters. The van der Waals surface area contributed by atoms with Gasteiger partial charge in [0.15, 0.2) is 11.5 Å². The third kappa shape index (κ3) is 6.54. The summed E-state index contributed by atoms with van der Waals surface area (Å²) in [4.78, 5) is 19.0. The molecule has 0 aliphatic rings. The van der Waals surface area contributed by atoms with Gasteiger partial charge in [0.25, 0.3) is 5.91 Å². The first-order valence-electron chi connectivity index (χ1n) is 13.5. The maximum Gasteiger partial charge on any atom is 0.272 e. The van der Waals surface area contributed by atoms with Crippen LogP contribution in [-0.4, -0.2) is 17.1 Å². The molecule has 2 heterocycles. The monoisotopic (exact) mass is 569 g/mol. The number of carbonyl (C=O) groups is 1. The van der Waals surface area contributed by atoms with Gasteiger partial charge in [-0.25, -0.2) is 10.4 Å². The average molecular weight is 570 g/mol. The van der Waals surface area contributed by atoms with Gasteiger partial charge in [0, 0.05) is 5.39 Å². The number of thiophene rings is 1. The first kappa shape index (κ1) is 26.9. The lowest BCUT2D eigenvalue weighted by atomic mass is 10.1. The summed E-state index contributed by atoms with van der Waals surface area (Å²) >= 11 is 1.58. The lowest BCUT2D eigenvalue weighted by Crippen LogP contribution is -2.18. The van der Waals surface area contributed by atoms with E-state index in [2.05, 4.69) is 10.5 Å². The van der Waals surface area contributed by atoms with Crippen LogP contribution in [0, 0.1) is 0 Å². The normalized spacial score (nSPS) is 11.0. The molecule has 0 spiro atoms. The van der Waals surface area contributed by atoms with Gasteiger partial charge < -0.3 is 9.47 Å². The van der Waals surface area contributed by atoms with Crippen molar-refractivity contribution in [3.63, 3.8) is 0 Å². The van der Waals surface area contributed by atoms with Gasteiger partial charge in [0.2, 0.25) is 0 Å². The van der Waals surface area contributed by atoms with Crippen molar-refractivity contribution < 1.29 is 14.3 Å². The number of pyridine rings is 1. The van der Waals surface area contributed by atoms with E-state index in [1.807, 2.05) is 127 Å². The standard InChI is InChI=1S/C35H27N3O3S/c39-35(29-21-31(34-16-9-19-42-34)37-30-15-8-7-14-28(29)30)38-36-22-27-17-18-32(40-23-25-10-3-1-4-11-25)33(20-27)41-24-26-12-5-2-6-13-26/h1-22H,23-24H2,(H,38,39)/b36-22-. The van der Waals surface area contributed by atoms with Gasteiger partial charge in [-0.3, -0.25) is 4.79 Å². The van der Waals surface area contributed by atoms with Gasteiger partial charge in [-0.05, 0) is 58.5 Å². The first-order valence-corrected chi connectivity index (χ1v) is 14.4. The summed E-state index contributed by atoms with van der Waals surface area (Å²) in [5, 5.41) is 7.02. The Balaban J connectivity index is 1.21. The maximum atomic E-state index is 13.3. The highest BCUT2D eigenvalue weighted by molar-refractivity contribution is 7.13. The number of amides is 1. The molecule has 0 aliphatic carbocycles. The molecular formula is C35H27N3O3S. The number of para-hydroxylation sites is 1.